The van der Waals surface area contributed by atoms with Crippen molar-refractivity contribution in [2.75, 3.05) is 19.0 Å². The number of carbonyl (C=O) groups excluding carboxylic acids is 2. The Morgan fingerprint density at radius 1 is 1.06 bits per heavy atom. The highest BCUT2D eigenvalue weighted by Gasteiger charge is 2.15. The molecule has 31 heavy (non-hydrogen) atoms. The van der Waals surface area contributed by atoms with Crippen LogP contribution in [0.3, 0.4) is 0 Å². The first-order valence-corrected chi connectivity index (χ1v) is 10.5. The van der Waals surface area contributed by atoms with Crippen LogP contribution in [-0.4, -0.2) is 40.1 Å². The summed E-state index contributed by atoms with van der Waals surface area (Å²) in [6, 6.07) is 14.8. The second-order valence-electron chi connectivity index (χ2n) is 6.91. The zero-order valence-electron chi connectivity index (χ0n) is 17.1. The molecular formula is C22H21N5O3S. The summed E-state index contributed by atoms with van der Waals surface area (Å²) in [4.78, 5) is 29.5. The fourth-order valence-electron chi connectivity index (χ4n) is 2.97. The second-order valence-corrected chi connectivity index (χ2v) is 7.75. The fraction of sp³-hybridized carbons (Fsp3) is 0.182. The van der Waals surface area contributed by atoms with Crippen molar-refractivity contribution in [2.24, 2.45) is 0 Å². The molecule has 2 amide bonds. The van der Waals surface area contributed by atoms with Gasteiger partial charge in [0, 0.05) is 29.6 Å². The van der Waals surface area contributed by atoms with Crippen molar-refractivity contribution in [2.45, 2.75) is 13.3 Å². The summed E-state index contributed by atoms with van der Waals surface area (Å²) in [5, 5.41) is 11.8. The lowest BCUT2D eigenvalue weighted by molar-refractivity contribution is -0.136. The van der Waals surface area contributed by atoms with Crippen molar-refractivity contribution >= 4 is 33.8 Å². The van der Waals surface area contributed by atoms with Gasteiger partial charge in [0.05, 0.1) is 12.8 Å². The van der Waals surface area contributed by atoms with E-state index >= 15 is 0 Å². The molecule has 0 saturated heterocycles. The van der Waals surface area contributed by atoms with Crippen LogP contribution in [0.1, 0.15) is 11.3 Å². The third-order valence-corrected chi connectivity index (χ3v) is 5.55. The maximum atomic E-state index is 12.1. The molecule has 2 aromatic heterocycles. The van der Waals surface area contributed by atoms with Gasteiger partial charge in [-0.15, -0.1) is 16.4 Å². The molecule has 158 valence electrons. The first-order chi connectivity index (χ1) is 15.0. The van der Waals surface area contributed by atoms with E-state index in [0.717, 1.165) is 27.5 Å². The summed E-state index contributed by atoms with van der Waals surface area (Å²) >= 11 is 1.48. The van der Waals surface area contributed by atoms with Crippen molar-refractivity contribution in [1.29, 1.82) is 0 Å². The number of hydrogen-bond donors (Lipinski definition) is 2. The molecule has 2 heterocycles. The number of nitrogens with zero attached hydrogens (tertiary/aromatic N) is 3. The molecule has 0 atom stereocenters. The summed E-state index contributed by atoms with van der Waals surface area (Å²) in [5.41, 5.74) is 3.46. The first kappa shape index (κ1) is 20.5. The molecular weight excluding hydrogens is 414 g/mol. The van der Waals surface area contributed by atoms with Gasteiger partial charge in [0.2, 0.25) is 4.96 Å². The van der Waals surface area contributed by atoms with Crippen LogP contribution in [0.25, 0.3) is 16.3 Å². The largest absolute Gasteiger partial charge is 0.497 e. The lowest BCUT2D eigenvalue weighted by Gasteiger charge is -2.06. The van der Waals surface area contributed by atoms with Gasteiger partial charge in [-0.2, -0.15) is 4.98 Å². The van der Waals surface area contributed by atoms with Crippen LogP contribution < -0.4 is 15.4 Å². The number of thiazole rings is 1. The Balaban J connectivity index is 1.35. The average molecular weight is 436 g/mol. The third-order valence-electron chi connectivity index (χ3n) is 4.68. The van der Waals surface area contributed by atoms with E-state index in [1.54, 1.807) is 23.8 Å². The van der Waals surface area contributed by atoms with Gasteiger partial charge < -0.3 is 15.4 Å². The Hall–Kier alpha value is -3.72. The van der Waals surface area contributed by atoms with Crippen LogP contribution in [0.15, 0.2) is 53.9 Å². The van der Waals surface area contributed by atoms with Crippen LogP contribution in [0.4, 0.5) is 5.69 Å². The van der Waals surface area contributed by atoms with E-state index in [9.17, 15) is 9.59 Å². The van der Waals surface area contributed by atoms with E-state index < -0.39 is 11.8 Å². The van der Waals surface area contributed by atoms with Crippen molar-refractivity contribution in [3.05, 3.63) is 65.2 Å². The van der Waals surface area contributed by atoms with Crippen molar-refractivity contribution in [3.8, 4) is 17.1 Å². The van der Waals surface area contributed by atoms with E-state index in [-0.39, 0.29) is 0 Å². The smallest absolute Gasteiger partial charge is 0.313 e. The van der Waals surface area contributed by atoms with Crippen LogP contribution in [0.5, 0.6) is 5.75 Å². The number of rotatable bonds is 6. The number of methoxy groups -OCH3 is 1. The fourth-order valence-corrected chi connectivity index (χ4v) is 3.82. The predicted octanol–water partition coefficient (Wildman–Crippen LogP) is 3.07. The van der Waals surface area contributed by atoms with Gasteiger partial charge in [0.15, 0.2) is 5.82 Å². The Morgan fingerprint density at radius 3 is 2.52 bits per heavy atom. The number of anilines is 1. The molecule has 8 nitrogen and oxygen atoms in total. The molecule has 2 N–H and O–H groups in total. The minimum Gasteiger partial charge on any atom is -0.497 e. The van der Waals surface area contributed by atoms with E-state index in [1.165, 1.54) is 11.3 Å². The Bertz CT molecular complexity index is 1210. The molecule has 0 fully saturated rings. The highest BCUT2D eigenvalue weighted by Crippen LogP contribution is 2.23. The van der Waals surface area contributed by atoms with Gasteiger partial charge >= 0.3 is 11.8 Å². The van der Waals surface area contributed by atoms with E-state index in [2.05, 4.69) is 20.7 Å². The number of aryl methyl sites for hydroxylation is 1. The minimum absolute atomic E-state index is 0.309. The monoisotopic (exact) mass is 435 g/mol. The molecule has 0 bridgehead atoms. The maximum Gasteiger partial charge on any atom is 0.313 e. The molecule has 0 radical (unpaired) electrons. The topological polar surface area (TPSA) is 97.6 Å². The number of carbonyl (C=O) groups is 2. The molecule has 0 saturated carbocycles. The molecule has 0 aliphatic heterocycles. The highest BCUT2D eigenvalue weighted by molar-refractivity contribution is 7.15. The second kappa shape index (κ2) is 8.97. The summed E-state index contributed by atoms with van der Waals surface area (Å²) in [6.07, 6.45) is 0.523. The van der Waals surface area contributed by atoms with Crippen molar-refractivity contribution in [1.82, 2.24) is 19.9 Å². The molecule has 9 heteroatoms. The van der Waals surface area contributed by atoms with E-state index in [1.807, 2.05) is 48.7 Å². The highest BCUT2D eigenvalue weighted by atomic mass is 32.1. The number of aromatic nitrogens is 3. The summed E-state index contributed by atoms with van der Waals surface area (Å²) in [5.74, 6) is 0.0244. The minimum atomic E-state index is -0.693. The Morgan fingerprint density at radius 2 is 1.81 bits per heavy atom. The number of ether oxygens (including phenoxy) is 1. The number of amides is 2. The van der Waals surface area contributed by atoms with E-state index in [0.29, 0.717) is 24.5 Å². The Labute approximate surface area is 182 Å². The maximum absolute atomic E-state index is 12.1. The lowest BCUT2D eigenvalue weighted by Crippen LogP contribution is -2.36. The quantitative estimate of drug-likeness (QED) is 0.454. The molecule has 4 rings (SSSR count). The van der Waals surface area contributed by atoms with Gasteiger partial charge in [-0.25, -0.2) is 4.52 Å². The number of hydrogen-bond acceptors (Lipinski definition) is 6. The van der Waals surface area contributed by atoms with Crippen LogP contribution in [0.2, 0.25) is 0 Å². The van der Waals surface area contributed by atoms with Gasteiger partial charge in [-0.05, 0) is 43.3 Å². The summed E-state index contributed by atoms with van der Waals surface area (Å²) < 4.78 is 6.95. The molecule has 0 unspecified atom stereocenters. The summed E-state index contributed by atoms with van der Waals surface area (Å²) in [6.45, 7) is 2.26. The number of benzene rings is 2. The van der Waals surface area contributed by atoms with Crippen LogP contribution >= 0.6 is 11.3 Å². The SMILES string of the molecule is COc1ccc(-c2nc3scc(CCNC(=O)C(=O)Nc4ccc(C)cc4)n3n2)cc1. The zero-order valence-corrected chi connectivity index (χ0v) is 17.9. The standard InChI is InChI=1S/C22H21N5O3S/c1-14-3-7-16(8-4-14)24-21(29)20(28)23-12-11-17-13-31-22-25-19(26-27(17)22)15-5-9-18(30-2)10-6-15/h3-10,13H,11-12H2,1-2H3,(H,23,28)(H,24,29). The van der Waals surface area contributed by atoms with Crippen molar-refractivity contribution in [3.63, 3.8) is 0 Å². The van der Waals surface area contributed by atoms with Gasteiger partial charge in [-0.1, -0.05) is 17.7 Å². The Kier molecular flexibility index (Phi) is 5.94. The van der Waals surface area contributed by atoms with Gasteiger partial charge in [0.1, 0.15) is 5.75 Å². The predicted molar refractivity (Wildman–Crippen MR) is 119 cm³/mol. The zero-order chi connectivity index (χ0) is 21.8. The van der Waals surface area contributed by atoms with Gasteiger partial charge in [-0.3, -0.25) is 9.59 Å². The molecule has 0 spiro atoms. The van der Waals surface area contributed by atoms with Gasteiger partial charge in [0.25, 0.3) is 0 Å². The molecule has 2 aromatic carbocycles. The summed E-state index contributed by atoms with van der Waals surface area (Å²) in [7, 11) is 1.62. The molecule has 4 aromatic rings. The molecule has 0 aliphatic carbocycles. The molecule has 0 aliphatic rings. The van der Waals surface area contributed by atoms with Crippen molar-refractivity contribution < 1.29 is 14.3 Å². The van der Waals surface area contributed by atoms with E-state index in [4.69, 9.17) is 4.74 Å². The number of fused-ring (bicyclic) bond motifs is 1. The third kappa shape index (κ3) is 4.72. The lowest BCUT2D eigenvalue weighted by atomic mass is 10.2. The van der Waals surface area contributed by atoms with Crippen LogP contribution in [-0.2, 0) is 16.0 Å². The number of nitrogens with one attached hydrogen (secondary N) is 2. The normalized spacial score (nSPS) is 10.8. The first-order valence-electron chi connectivity index (χ1n) is 9.67. The van der Waals surface area contributed by atoms with Crippen LogP contribution in [0, 0.1) is 6.92 Å². The average Bonchev–Trinajstić information content (AvgIpc) is 3.37.